The van der Waals surface area contributed by atoms with Crippen molar-refractivity contribution in [3.8, 4) is 11.5 Å². The van der Waals surface area contributed by atoms with Crippen LogP contribution in [0.3, 0.4) is 0 Å². The first-order valence-electron chi connectivity index (χ1n) is 14.0. The number of hydrogen-bond donors (Lipinski definition) is 0. The van der Waals surface area contributed by atoms with E-state index in [2.05, 4.69) is 27.7 Å². The minimum Gasteiger partial charge on any atom is -0.432 e. The standard InChI is InChI=1S/C29H43F2NO5/c1-5-6-7-8-11-28(3,4)21-17-24(36-27(33)35-19-32-12-14-34-15-13-32)26-22-16-20(2)9-10-23(22)29(30,31)37-25(26)18-21/h17-18,20,22-23H,5-16,19H2,1-4H3. The van der Waals surface area contributed by atoms with Gasteiger partial charge in [-0.05, 0) is 48.3 Å². The first kappa shape index (κ1) is 28.1. The number of carbonyl (C=O) groups excluding carboxylic acids is 1. The molecule has 0 spiro atoms. The molecule has 8 heteroatoms. The fourth-order valence-electron chi connectivity index (χ4n) is 5.98. The lowest BCUT2D eigenvalue weighted by Gasteiger charge is -2.44. The summed E-state index contributed by atoms with van der Waals surface area (Å²) < 4.78 is 52.4. The smallest absolute Gasteiger partial charge is 0.432 e. The lowest BCUT2D eigenvalue weighted by Crippen LogP contribution is -2.45. The maximum absolute atomic E-state index is 15.2. The molecule has 3 unspecified atom stereocenters. The largest absolute Gasteiger partial charge is 0.515 e. The molecule has 3 aliphatic rings. The van der Waals surface area contributed by atoms with Crippen LogP contribution in [0, 0.1) is 11.8 Å². The minimum atomic E-state index is -3.25. The molecule has 1 saturated carbocycles. The van der Waals surface area contributed by atoms with Crippen molar-refractivity contribution in [3.63, 3.8) is 0 Å². The third-order valence-electron chi connectivity index (χ3n) is 8.36. The van der Waals surface area contributed by atoms with Crippen molar-refractivity contribution in [2.24, 2.45) is 11.8 Å². The van der Waals surface area contributed by atoms with Crippen molar-refractivity contribution >= 4 is 6.16 Å². The van der Waals surface area contributed by atoms with Crippen LogP contribution in [-0.2, 0) is 14.9 Å². The fraction of sp³-hybridized carbons (Fsp3) is 0.759. The summed E-state index contributed by atoms with van der Waals surface area (Å²) in [6.07, 6.45) is 3.00. The molecule has 0 radical (unpaired) electrons. The fourth-order valence-corrected chi connectivity index (χ4v) is 5.98. The third kappa shape index (κ3) is 6.75. The molecule has 37 heavy (non-hydrogen) atoms. The molecule has 0 amide bonds. The Morgan fingerprint density at radius 2 is 1.92 bits per heavy atom. The van der Waals surface area contributed by atoms with Gasteiger partial charge in [0.15, 0.2) is 0 Å². The number of morpholine rings is 1. The zero-order chi connectivity index (χ0) is 26.6. The second kappa shape index (κ2) is 11.9. The third-order valence-corrected chi connectivity index (χ3v) is 8.36. The van der Waals surface area contributed by atoms with Crippen LogP contribution in [0.5, 0.6) is 11.5 Å². The molecule has 1 aromatic carbocycles. The Labute approximate surface area is 220 Å². The summed E-state index contributed by atoms with van der Waals surface area (Å²) in [4.78, 5) is 14.8. The van der Waals surface area contributed by atoms with Gasteiger partial charge in [-0.25, -0.2) is 4.79 Å². The quantitative estimate of drug-likeness (QED) is 0.193. The second-order valence-corrected chi connectivity index (χ2v) is 11.7. The summed E-state index contributed by atoms with van der Waals surface area (Å²) in [5.74, 6) is -0.642. The lowest BCUT2D eigenvalue weighted by molar-refractivity contribution is -0.237. The Balaban J connectivity index is 1.63. The number of rotatable bonds is 9. The normalized spacial score (nSPS) is 25.5. The summed E-state index contributed by atoms with van der Waals surface area (Å²) in [6, 6.07) is 3.61. The van der Waals surface area contributed by atoms with E-state index in [-0.39, 0.29) is 17.9 Å². The number of benzene rings is 1. The molecule has 2 heterocycles. The van der Waals surface area contributed by atoms with Crippen molar-refractivity contribution in [1.29, 1.82) is 0 Å². The van der Waals surface area contributed by atoms with Gasteiger partial charge < -0.3 is 18.9 Å². The van der Waals surface area contributed by atoms with Crippen LogP contribution in [-0.4, -0.2) is 50.2 Å². The van der Waals surface area contributed by atoms with E-state index in [4.69, 9.17) is 18.9 Å². The first-order valence-corrected chi connectivity index (χ1v) is 14.0. The maximum Gasteiger partial charge on any atom is 0.515 e. The molecule has 1 saturated heterocycles. The van der Waals surface area contributed by atoms with Gasteiger partial charge in [0.1, 0.15) is 18.2 Å². The molecule has 3 atom stereocenters. The number of unbranched alkanes of at least 4 members (excludes halogenated alkanes) is 3. The molecule has 2 aliphatic heterocycles. The van der Waals surface area contributed by atoms with Crippen LogP contribution in [0.2, 0.25) is 0 Å². The molecule has 4 rings (SSSR count). The monoisotopic (exact) mass is 523 g/mol. The van der Waals surface area contributed by atoms with Crippen molar-refractivity contribution in [2.45, 2.75) is 96.5 Å². The van der Waals surface area contributed by atoms with Gasteiger partial charge in [-0.1, -0.05) is 59.8 Å². The van der Waals surface area contributed by atoms with Gasteiger partial charge in [0.05, 0.1) is 19.1 Å². The van der Waals surface area contributed by atoms with Crippen LogP contribution in [0.25, 0.3) is 0 Å². The zero-order valence-corrected chi connectivity index (χ0v) is 22.8. The highest BCUT2D eigenvalue weighted by molar-refractivity contribution is 5.66. The molecule has 1 aromatic rings. The summed E-state index contributed by atoms with van der Waals surface area (Å²) in [6.45, 7) is 11.1. The number of alkyl halides is 2. The summed E-state index contributed by atoms with van der Waals surface area (Å²) in [7, 11) is 0. The molecule has 0 N–H and O–H groups in total. The zero-order valence-electron chi connectivity index (χ0n) is 22.8. The highest BCUT2D eigenvalue weighted by atomic mass is 19.3. The second-order valence-electron chi connectivity index (χ2n) is 11.7. The molecular weight excluding hydrogens is 480 g/mol. The minimum absolute atomic E-state index is 0.102. The average molecular weight is 524 g/mol. The number of nitrogens with zero attached hydrogens (tertiary/aromatic N) is 1. The predicted molar refractivity (Wildman–Crippen MR) is 137 cm³/mol. The molecular formula is C29H43F2NO5. The van der Waals surface area contributed by atoms with Gasteiger partial charge in [0.25, 0.3) is 0 Å². The maximum atomic E-state index is 15.2. The van der Waals surface area contributed by atoms with E-state index in [1.54, 1.807) is 6.07 Å². The van der Waals surface area contributed by atoms with Crippen molar-refractivity contribution in [1.82, 2.24) is 4.90 Å². The highest BCUT2D eigenvalue weighted by Gasteiger charge is 2.54. The topological polar surface area (TPSA) is 57.2 Å². The van der Waals surface area contributed by atoms with Gasteiger partial charge in [0, 0.05) is 24.6 Å². The van der Waals surface area contributed by atoms with Crippen molar-refractivity contribution in [3.05, 3.63) is 23.3 Å². The van der Waals surface area contributed by atoms with Crippen LogP contribution in [0.1, 0.15) is 96.1 Å². The number of ether oxygens (including phenoxy) is 4. The van der Waals surface area contributed by atoms with E-state index in [0.29, 0.717) is 56.4 Å². The Hall–Kier alpha value is -1.93. The van der Waals surface area contributed by atoms with Crippen LogP contribution < -0.4 is 9.47 Å². The highest BCUT2D eigenvalue weighted by Crippen LogP contribution is 2.57. The summed E-state index contributed by atoms with van der Waals surface area (Å²) in [5, 5.41) is 0. The van der Waals surface area contributed by atoms with Crippen molar-refractivity contribution < 1.29 is 32.5 Å². The Bertz CT molecular complexity index is 931. The van der Waals surface area contributed by atoms with Gasteiger partial charge in [-0.2, -0.15) is 8.78 Å². The Morgan fingerprint density at radius 1 is 1.16 bits per heavy atom. The molecule has 0 bridgehead atoms. The molecule has 6 nitrogen and oxygen atoms in total. The first-order chi connectivity index (χ1) is 17.6. The van der Waals surface area contributed by atoms with Gasteiger partial charge in [-0.3, -0.25) is 4.90 Å². The van der Waals surface area contributed by atoms with Gasteiger partial charge in [-0.15, -0.1) is 0 Å². The van der Waals surface area contributed by atoms with E-state index in [1.807, 2.05) is 11.0 Å². The Kier molecular flexibility index (Phi) is 9.00. The van der Waals surface area contributed by atoms with Crippen LogP contribution in [0.4, 0.5) is 13.6 Å². The molecule has 1 aliphatic carbocycles. The summed E-state index contributed by atoms with van der Waals surface area (Å²) in [5.41, 5.74) is 1.11. The number of fused-ring (bicyclic) bond motifs is 3. The average Bonchev–Trinajstić information content (AvgIpc) is 2.85. The molecule has 2 fully saturated rings. The van der Waals surface area contributed by atoms with E-state index >= 15 is 8.78 Å². The van der Waals surface area contributed by atoms with E-state index in [1.165, 1.54) is 6.42 Å². The predicted octanol–water partition coefficient (Wildman–Crippen LogP) is 7.24. The van der Waals surface area contributed by atoms with Crippen molar-refractivity contribution in [2.75, 3.05) is 33.0 Å². The van der Waals surface area contributed by atoms with E-state index in [0.717, 1.165) is 37.7 Å². The lowest BCUT2D eigenvalue weighted by atomic mass is 9.68. The summed E-state index contributed by atoms with van der Waals surface area (Å²) >= 11 is 0. The van der Waals surface area contributed by atoms with E-state index < -0.39 is 24.1 Å². The van der Waals surface area contributed by atoms with E-state index in [9.17, 15) is 4.79 Å². The van der Waals surface area contributed by atoms with Gasteiger partial charge in [0.2, 0.25) is 0 Å². The molecule has 0 aromatic heterocycles. The van der Waals surface area contributed by atoms with Crippen LogP contribution >= 0.6 is 0 Å². The van der Waals surface area contributed by atoms with Gasteiger partial charge >= 0.3 is 12.3 Å². The SMILES string of the molecule is CCCCCCC(C)(C)c1cc(OC(=O)OCN2CCOCC2)c2c(c1)OC(F)(F)C1CCC(C)CC21. The number of halogens is 2. The number of carbonyl (C=O) groups is 1. The van der Waals surface area contributed by atoms with Crippen LogP contribution in [0.15, 0.2) is 12.1 Å². The molecule has 208 valence electrons. The number of hydrogen-bond acceptors (Lipinski definition) is 6. The Morgan fingerprint density at radius 3 is 2.65 bits per heavy atom.